The van der Waals surface area contributed by atoms with Crippen molar-refractivity contribution in [3.63, 3.8) is 0 Å². The molecule has 1 aliphatic rings. The van der Waals surface area contributed by atoms with Gasteiger partial charge in [-0.05, 0) is 38.5 Å². The van der Waals surface area contributed by atoms with Gasteiger partial charge in [-0.15, -0.1) is 0 Å². The first-order chi connectivity index (χ1) is 8.95. The van der Waals surface area contributed by atoms with Crippen LogP contribution in [0.3, 0.4) is 0 Å². The minimum Gasteiger partial charge on any atom is -0.481 e. The summed E-state index contributed by atoms with van der Waals surface area (Å²) in [6, 6.07) is -0.103. The molecule has 1 fully saturated rings. The largest absolute Gasteiger partial charge is 0.481 e. The van der Waals surface area contributed by atoms with E-state index in [0.29, 0.717) is 18.9 Å². The van der Waals surface area contributed by atoms with Crippen LogP contribution in [0.1, 0.15) is 58.8 Å². The van der Waals surface area contributed by atoms with Gasteiger partial charge in [-0.2, -0.15) is 0 Å². The lowest BCUT2D eigenvalue weighted by Crippen LogP contribution is -2.42. The van der Waals surface area contributed by atoms with Crippen LogP contribution in [0.2, 0.25) is 0 Å². The monoisotopic (exact) mass is 270 g/mol. The summed E-state index contributed by atoms with van der Waals surface area (Å²) in [6.07, 6.45) is 5.95. The van der Waals surface area contributed by atoms with Crippen molar-refractivity contribution in [2.45, 2.75) is 64.3 Å². The molecule has 1 atom stereocenters. The van der Waals surface area contributed by atoms with Gasteiger partial charge in [0.1, 0.15) is 0 Å². The first-order valence-electron chi connectivity index (χ1n) is 7.23. The van der Waals surface area contributed by atoms with Gasteiger partial charge in [0.15, 0.2) is 0 Å². The molecule has 0 spiro atoms. The fourth-order valence-corrected chi connectivity index (χ4v) is 2.19. The van der Waals surface area contributed by atoms with Gasteiger partial charge in [0.2, 0.25) is 0 Å². The van der Waals surface area contributed by atoms with E-state index in [0.717, 1.165) is 32.1 Å². The van der Waals surface area contributed by atoms with E-state index in [1.165, 1.54) is 0 Å². The minimum absolute atomic E-state index is 0.0101. The fraction of sp³-hybridized carbons (Fsp3) is 0.857. The number of hydrogen-bond acceptors (Lipinski definition) is 2. The van der Waals surface area contributed by atoms with Gasteiger partial charge in [0, 0.05) is 18.5 Å². The number of hydrogen-bond donors (Lipinski definition) is 3. The van der Waals surface area contributed by atoms with Crippen molar-refractivity contribution in [3.05, 3.63) is 0 Å². The maximum atomic E-state index is 11.6. The van der Waals surface area contributed by atoms with Crippen LogP contribution in [0, 0.1) is 5.92 Å². The Morgan fingerprint density at radius 1 is 1.26 bits per heavy atom. The van der Waals surface area contributed by atoms with E-state index < -0.39 is 5.97 Å². The number of nitrogens with one attached hydrogen (secondary N) is 2. The second-order valence-corrected chi connectivity index (χ2v) is 5.82. The standard InChI is InChI=1S/C14H26N2O3/c1-3-4-11(5-6-12(17)18)7-10-15-13(19)16-14(2)8-9-14/h11H,3-10H2,1-2H3,(H,17,18)(H2,15,16,19). The van der Waals surface area contributed by atoms with Crippen LogP contribution in [0.5, 0.6) is 0 Å². The van der Waals surface area contributed by atoms with Gasteiger partial charge in [-0.1, -0.05) is 19.8 Å². The molecule has 0 aliphatic heterocycles. The normalized spacial score (nSPS) is 17.6. The van der Waals surface area contributed by atoms with Crippen molar-refractivity contribution in [3.8, 4) is 0 Å². The molecule has 0 aromatic carbocycles. The van der Waals surface area contributed by atoms with Crippen LogP contribution in [0.15, 0.2) is 0 Å². The molecule has 1 saturated carbocycles. The molecule has 0 bridgehead atoms. The first-order valence-corrected chi connectivity index (χ1v) is 7.23. The molecule has 0 aromatic rings. The summed E-state index contributed by atoms with van der Waals surface area (Å²) < 4.78 is 0. The van der Waals surface area contributed by atoms with Crippen molar-refractivity contribution in [2.24, 2.45) is 5.92 Å². The Kier molecular flexibility index (Phi) is 6.12. The summed E-state index contributed by atoms with van der Waals surface area (Å²) in [6.45, 7) is 4.76. The topological polar surface area (TPSA) is 78.4 Å². The number of carboxylic acids is 1. The summed E-state index contributed by atoms with van der Waals surface area (Å²) in [4.78, 5) is 22.2. The Morgan fingerprint density at radius 3 is 2.47 bits per heavy atom. The second kappa shape index (κ2) is 7.36. The van der Waals surface area contributed by atoms with Gasteiger partial charge in [0.25, 0.3) is 0 Å². The Morgan fingerprint density at radius 2 is 1.95 bits per heavy atom. The highest BCUT2D eigenvalue weighted by molar-refractivity contribution is 5.75. The zero-order chi connectivity index (χ0) is 14.3. The number of urea groups is 1. The summed E-state index contributed by atoms with van der Waals surface area (Å²) in [7, 11) is 0. The number of carbonyl (C=O) groups excluding carboxylic acids is 1. The molecule has 0 heterocycles. The van der Waals surface area contributed by atoms with Crippen molar-refractivity contribution < 1.29 is 14.7 Å². The van der Waals surface area contributed by atoms with Crippen molar-refractivity contribution in [1.29, 1.82) is 0 Å². The van der Waals surface area contributed by atoms with Crippen LogP contribution in [0.4, 0.5) is 4.79 Å². The van der Waals surface area contributed by atoms with Crippen LogP contribution < -0.4 is 10.6 Å². The van der Waals surface area contributed by atoms with E-state index in [9.17, 15) is 9.59 Å². The average molecular weight is 270 g/mol. The third-order valence-corrected chi connectivity index (χ3v) is 3.72. The minimum atomic E-state index is -0.742. The van der Waals surface area contributed by atoms with Gasteiger partial charge >= 0.3 is 12.0 Å². The third-order valence-electron chi connectivity index (χ3n) is 3.72. The average Bonchev–Trinajstić information content (AvgIpc) is 3.03. The number of carboxylic acid groups (broad SMARTS) is 1. The molecular weight excluding hydrogens is 244 g/mol. The summed E-state index contributed by atoms with van der Waals surface area (Å²) in [5, 5.41) is 14.5. The van der Waals surface area contributed by atoms with E-state index in [4.69, 9.17) is 5.11 Å². The second-order valence-electron chi connectivity index (χ2n) is 5.82. The molecule has 0 radical (unpaired) electrons. The van der Waals surface area contributed by atoms with Gasteiger partial charge < -0.3 is 15.7 Å². The fourth-order valence-electron chi connectivity index (χ4n) is 2.19. The molecule has 1 aliphatic carbocycles. The first kappa shape index (κ1) is 15.8. The Hall–Kier alpha value is -1.26. The van der Waals surface area contributed by atoms with E-state index in [2.05, 4.69) is 17.6 Å². The molecule has 0 saturated heterocycles. The van der Waals surface area contributed by atoms with E-state index in [1.54, 1.807) is 0 Å². The predicted molar refractivity (Wildman–Crippen MR) is 74.1 cm³/mol. The highest BCUT2D eigenvalue weighted by atomic mass is 16.4. The summed E-state index contributed by atoms with van der Waals surface area (Å²) in [5.41, 5.74) is 0.0101. The van der Waals surface area contributed by atoms with Crippen LogP contribution in [-0.2, 0) is 4.79 Å². The molecule has 2 amide bonds. The van der Waals surface area contributed by atoms with Gasteiger partial charge in [-0.25, -0.2) is 4.79 Å². The lowest BCUT2D eigenvalue weighted by Gasteiger charge is -2.17. The van der Waals surface area contributed by atoms with E-state index in [-0.39, 0.29) is 18.0 Å². The molecule has 1 unspecified atom stereocenters. The summed E-state index contributed by atoms with van der Waals surface area (Å²) >= 11 is 0. The van der Waals surface area contributed by atoms with E-state index in [1.807, 2.05) is 6.92 Å². The quantitative estimate of drug-likeness (QED) is 0.602. The number of amides is 2. The molecule has 5 nitrogen and oxygen atoms in total. The van der Waals surface area contributed by atoms with Gasteiger partial charge in [-0.3, -0.25) is 4.79 Å². The Bertz CT molecular complexity index is 314. The zero-order valence-electron chi connectivity index (χ0n) is 12.0. The molecular formula is C14H26N2O3. The highest BCUT2D eigenvalue weighted by Gasteiger charge is 2.38. The smallest absolute Gasteiger partial charge is 0.315 e. The molecule has 110 valence electrons. The maximum Gasteiger partial charge on any atom is 0.315 e. The Balaban J connectivity index is 2.15. The van der Waals surface area contributed by atoms with E-state index >= 15 is 0 Å². The molecule has 0 aromatic heterocycles. The molecule has 1 rings (SSSR count). The number of aliphatic carboxylic acids is 1. The van der Waals surface area contributed by atoms with Crippen LogP contribution in [-0.4, -0.2) is 29.2 Å². The van der Waals surface area contributed by atoms with Crippen molar-refractivity contribution in [1.82, 2.24) is 10.6 Å². The zero-order valence-corrected chi connectivity index (χ0v) is 12.0. The molecule has 19 heavy (non-hydrogen) atoms. The molecule has 5 heteroatoms. The van der Waals surface area contributed by atoms with Crippen LogP contribution in [0.25, 0.3) is 0 Å². The van der Waals surface area contributed by atoms with Crippen molar-refractivity contribution in [2.75, 3.05) is 6.54 Å². The van der Waals surface area contributed by atoms with Crippen molar-refractivity contribution >= 4 is 12.0 Å². The lowest BCUT2D eigenvalue weighted by molar-refractivity contribution is -0.137. The predicted octanol–water partition coefficient (Wildman–Crippen LogP) is 2.51. The third kappa shape index (κ3) is 7.03. The molecule has 3 N–H and O–H groups in total. The number of carbonyl (C=O) groups is 2. The highest BCUT2D eigenvalue weighted by Crippen LogP contribution is 2.33. The SMILES string of the molecule is CCCC(CCNC(=O)NC1(C)CC1)CCC(=O)O. The lowest BCUT2D eigenvalue weighted by atomic mass is 9.94. The summed E-state index contributed by atoms with van der Waals surface area (Å²) in [5.74, 6) is -0.355. The number of rotatable bonds is 9. The van der Waals surface area contributed by atoms with Gasteiger partial charge in [0.05, 0.1) is 0 Å². The Labute approximate surface area is 115 Å². The van der Waals surface area contributed by atoms with Crippen LogP contribution >= 0.6 is 0 Å². The maximum absolute atomic E-state index is 11.6.